The van der Waals surface area contributed by atoms with Crippen molar-refractivity contribution in [3.8, 4) is 17.2 Å². The molecule has 7 heteroatoms. The molecule has 3 aromatic carbocycles. The van der Waals surface area contributed by atoms with Crippen molar-refractivity contribution >= 4 is 22.1 Å². The minimum atomic E-state index is -0.241. The monoisotopic (exact) mass is 360 g/mol. The van der Waals surface area contributed by atoms with Gasteiger partial charge in [0.2, 0.25) is 0 Å². The van der Waals surface area contributed by atoms with Gasteiger partial charge >= 0.3 is 0 Å². The molecule has 0 amide bonds. The van der Waals surface area contributed by atoms with Crippen molar-refractivity contribution in [3.05, 3.63) is 76.7 Å². The zero-order chi connectivity index (χ0) is 19.0. The number of rotatable bonds is 3. The van der Waals surface area contributed by atoms with Gasteiger partial charge in [0.1, 0.15) is 22.9 Å². The van der Waals surface area contributed by atoms with E-state index >= 15 is 0 Å². The summed E-state index contributed by atoms with van der Waals surface area (Å²) in [5.74, 6) is 0.0201. The van der Waals surface area contributed by atoms with Gasteiger partial charge in [-0.1, -0.05) is 30.3 Å². The third-order valence-electron chi connectivity index (χ3n) is 4.25. The second kappa shape index (κ2) is 6.45. The summed E-state index contributed by atoms with van der Waals surface area (Å²) >= 11 is 0. The maximum Gasteiger partial charge on any atom is 0.264 e. The second-order valence-corrected chi connectivity index (χ2v) is 6.12. The number of fused-ring (bicyclic) bond motifs is 1. The molecule has 27 heavy (non-hydrogen) atoms. The van der Waals surface area contributed by atoms with Gasteiger partial charge in [-0.05, 0) is 30.5 Å². The first-order valence-corrected chi connectivity index (χ1v) is 8.27. The molecular weight excluding hydrogens is 344 g/mol. The highest BCUT2D eigenvalue weighted by Crippen LogP contribution is 2.37. The summed E-state index contributed by atoms with van der Waals surface area (Å²) in [5, 5.41) is 32.9. The fourth-order valence-corrected chi connectivity index (χ4v) is 2.97. The van der Waals surface area contributed by atoms with E-state index < -0.39 is 0 Å². The number of nitrogens with one attached hydrogen (secondary N) is 1. The molecule has 0 aliphatic heterocycles. The molecule has 1 aromatic heterocycles. The zero-order valence-corrected chi connectivity index (χ0v) is 14.4. The molecule has 0 spiro atoms. The lowest BCUT2D eigenvalue weighted by Crippen LogP contribution is -2.04. The molecule has 4 rings (SSSR count). The Morgan fingerprint density at radius 3 is 2.56 bits per heavy atom. The highest BCUT2D eigenvalue weighted by atomic mass is 16.3. The van der Waals surface area contributed by atoms with Gasteiger partial charge in [-0.25, -0.2) is 0 Å². The third-order valence-corrected chi connectivity index (χ3v) is 4.25. The largest absolute Gasteiger partial charge is 0.508 e. The molecule has 134 valence electrons. The summed E-state index contributed by atoms with van der Waals surface area (Å²) < 4.78 is 1.57. The van der Waals surface area contributed by atoms with Crippen LogP contribution in [0.2, 0.25) is 0 Å². The van der Waals surface area contributed by atoms with Gasteiger partial charge in [-0.15, -0.1) is 10.2 Å². The Balaban J connectivity index is 1.87. The van der Waals surface area contributed by atoms with Crippen LogP contribution < -0.4 is 5.56 Å². The number of hydrogen-bond donors (Lipinski definition) is 3. The van der Waals surface area contributed by atoms with Gasteiger partial charge in [0.25, 0.3) is 5.56 Å². The van der Waals surface area contributed by atoms with Gasteiger partial charge in [0.05, 0.1) is 5.69 Å². The quantitative estimate of drug-likeness (QED) is 0.470. The van der Waals surface area contributed by atoms with E-state index in [1.54, 1.807) is 29.8 Å². The Labute approximate surface area is 153 Å². The summed E-state index contributed by atoms with van der Waals surface area (Å²) in [5.41, 5.74) is 1.68. The van der Waals surface area contributed by atoms with Gasteiger partial charge in [0, 0.05) is 23.2 Å². The smallest absolute Gasteiger partial charge is 0.264 e. The zero-order valence-electron chi connectivity index (χ0n) is 14.4. The number of nitrogens with zero attached hydrogens (tertiary/aromatic N) is 3. The van der Waals surface area contributed by atoms with Crippen molar-refractivity contribution < 1.29 is 10.2 Å². The molecule has 0 saturated heterocycles. The van der Waals surface area contributed by atoms with Crippen molar-refractivity contribution in [2.75, 3.05) is 0 Å². The van der Waals surface area contributed by atoms with E-state index in [4.69, 9.17) is 0 Å². The summed E-state index contributed by atoms with van der Waals surface area (Å²) in [6.07, 6.45) is 0. The minimum Gasteiger partial charge on any atom is -0.508 e. The van der Waals surface area contributed by atoms with Crippen LogP contribution in [0.25, 0.3) is 16.5 Å². The number of H-pyrrole nitrogens is 1. The van der Waals surface area contributed by atoms with Crippen molar-refractivity contribution in [1.29, 1.82) is 0 Å². The second-order valence-electron chi connectivity index (χ2n) is 6.12. The van der Waals surface area contributed by atoms with Crippen LogP contribution in [0.1, 0.15) is 5.69 Å². The summed E-state index contributed by atoms with van der Waals surface area (Å²) in [6, 6.07) is 16.9. The Bertz CT molecular complexity index is 1240. The van der Waals surface area contributed by atoms with Gasteiger partial charge in [-0.2, -0.15) is 0 Å². The molecule has 1 heterocycles. The molecule has 0 unspecified atom stereocenters. The lowest BCUT2D eigenvalue weighted by Gasteiger charge is -2.09. The highest BCUT2D eigenvalue weighted by Gasteiger charge is 2.11. The lowest BCUT2D eigenvalue weighted by atomic mass is 10.1. The molecule has 0 atom stereocenters. The van der Waals surface area contributed by atoms with Gasteiger partial charge in [-0.3, -0.25) is 14.6 Å². The summed E-state index contributed by atoms with van der Waals surface area (Å²) in [7, 11) is 0. The number of azo groups is 1. The van der Waals surface area contributed by atoms with Crippen LogP contribution >= 0.6 is 0 Å². The number of aromatic amines is 1. The van der Waals surface area contributed by atoms with E-state index in [2.05, 4.69) is 15.3 Å². The van der Waals surface area contributed by atoms with E-state index in [0.717, 1.165) is 10.8 Å². The van der Waals surface area contributed by atoms with Crippen LogP contribution in [0.4, 0.5) is 11.4 Å². The van der Waals surface area contributed by atoms with Crippen LogP contribution in [0, 0.1) is 6.92 Å². The molecule has 0 aliphatic rings. The van der Waals surface area contributed by atoms with E-state index in [1.807, 2.05) is 24.3 Å². The molecule has 7 nitrogen and oxygen atoms in total. The number of benzene rings is 3. The normalized spacial score (nSPS) is 11.4. The molecule has 4 aromatic rings. The van der Waals surface area contributed by atoms with Crippen LogP contribution in [0.15, 0.2) is 75.7 Å². The molecule has 3 N–H and O–H groups in total. The Hall–Kier alpha value is -3.87. The molecule has 0 aliphatic carbocycles. The van der Waals surface area contributed by atoms with E-state index in [-0.39, 0.29) is 17.1 Å². The van der Waals surface area contributed by atoms with Crippen LogP contribution in [0.3, 0.4) is 0 Å². The number of hydrogen-bond acceptors (Lipinski definition) is 5. The lowest BCUT2D eigenvalue weighted by molar-refractivity contribution is 0.475. The topological polar surface area (TPSA) is 103 Å². The standard InChI is InChI=1S/C20H16N4O3/c1-12-10-19(27)23-24(12)17-8-7-14(25)11-16(17)21-22-20-15-5-3-2-4-13(15)6-9-18(20)26/h2-11,25-26H,1H3,(H,23,27). The van der Waals surface area contributed by atoms with E-state index in [1.165, 1.54) is 18.2 Å². The molecule has 0 radical (unpaired) electrons. The number of aromatic nitrogens is 2. The average Bonchev–Trinajstić information content (AvgIpc) is 2.99. The Morgan fingerprint density at radius 1 is 0.963 bits per heavy atom. The molecular formula is C20H16N4O3. The van der Waals surface area contributed by atoms with Gasteiger partial charge in [0.15, 0.2) is 0 Å². The SMILES string of the molecule is Cc1cc(=O)[nH]n1-c1ccc(O)cc1N=Nc1c(O)ccc2ccccc12. The first kappa shape index (κ1) is 16.6. The van der Waals surface area contributed by atoms with Crippen molar-refractivity contribution in [2.45, 2.75) is 6.92 Å². The summed E-state index contributed by atoms with van der Waals surface area (Å²) in [4.78, 5) is 11.6. The first-order valence-electron chi connectivity index (χ1n) is 8.27. The number of phenolic OH excluding ortho intramolecular Hbond substituents is 2. The van der Waals surface area contributed by atoms with E-state index in [9.17, 15) is 15.0 Å². The first-order chi connectivity index (χ1) is 13.0. The van der Waals surface area contributed by atoms with Crippen molar-refractivity contribution in [3.63, 3.8) is 0 Å². The number of aryl methyl sites for hydroxylation is 1. The average molecular weight is 360 g/mol. The fraction of sp³-hybridized carbons (Fsp3) is 0.0500. The number of aromatic hydroxyl groups is 2. The molecule has 0 bridgehead atoms. The molecule has 0 saturated carbocycles. The third kappa shape index (κ3) is 3.06. The van der Waals surface area contributed by atoms with Crippen molar-refractivity contribution in [1.82, 2.24) is 9.78 Å². The van der Waals surface area contributed by atoms with Crippen LogP contribution in [0.5, 0.6) is 11.5 Å². The van der Waals surface area contributed by atoms with Gasteiger partial charge < -0.3 is 10.2 Å². The highest BCUT2D eigenvalue weighted by molar-refractivity contribution is 5.95. The van der Waals surface area contributed by atoms with Crippen molar-refractivity contribution in [2.24, 2.45) is 10.2 Å². The van der Waals surface area contributed by atoms with E-state index in [0.29, 0.717) is 22.8 Å². The summed E-state index contributed by atoms with van der Waals surface area (Å²) in [6.45, 7) is 1.78. The number of phenols is 2. The van der Waals surface area contributed by atoms with Crippen LogP contribution in [-0.2, 0) is 0 Å². The molecule has 0 fully saturated rings. The Kier molecular flexibility index (Phi) is 3.97. The fourth-order valence-electron chi connectivity index (χ4n) is 2.97. The maximum absolute atomic E-state index is 11.6. The predicted molar refractivity (Wildman–Crippen MR) is 103 cm³/mol. The minimum absolute atomic E-state index is 0.00436. The maximum atomic E-state index is 11.6. The predicted octanol–water partition coefficient (Wildman–Crippen LogP) is 4.45. The van der Waals surface area contributed by atoms with Crippen LogP contribution in [-0.4, -0.2) is 20.0 Å². The Morgan fingerprint density at radius 2 is 1.78 bits per heavy atom.